The van der Waals surface area contributed by atoms with Crippen LogP contribution in [0.2, 0.25) is 0 Å². The molecule has 0 aliphatic carbocycles. The first-order chi connectivity index (χ1) is 9.05. The first-order valence-corrected chi connectivity index (χ1v) is 6.64. The number of pyridine rings is 1. The Kier molecular flexibility index (Phi) is 4.22. The summed E-state index contributed by atoms with van der Waals surface area (Å²) in [6.07, 6.45) is 4.51. The molecule has 0 atom stereocenters. The molecule has 0 bridgehead atoms. The van der Waals surface area contributed by atoms with Crippen LogP contribution in [-0.2, 0) is 9.31 Å². The minimum atomic E-state index is -0.373. The van der Waals surface area contributed by atoms with E-state index < -0.39 is 0 Å². The summed E-state index contributed by atoms with van der Waals surface area (Å²) in [6.45, 7) is 8.79. The molecule has 2 heterocycles. The smallest absolute Gasteiger partial charge is 0.408 e. The molecular weight excluding hydrogens is 241 g/mol. The van der Waals surface area contributed by atoms with Crippen molar-refractivity contribution < 1.29 is 9.31 Å². The lowest BCUT2D eigenvalue weighted by Crippen LogP contribution is -2.43. The summed E-state index contributed by atoms with van der Waals surface area (Å²) in [5.41, 5.74) is 1.53. The monoisotopic (exact) mass is 261 g/mol. The Labute approximate surface area is 114 Å². The van der Waals surface area contributed by atoms with E-state index in [4.69, 9.17) is 9.31 Å². The Bertz CT molecular complexity index is 541. The molecule has 0 spiro atoms. The minimum Gasteiger partial charge on any atom is -0.408 e. The molecule has 0 unspecified atom stereocenters. The van der Waals surface area contributed by atoms with Gasteiger partial charge < -0.3 is 9.31 Å². The van der Waals surface area contributed by atoms with Gasteiger partial charge in [-0.1, -0.05) is 6.92 Å². The van der Waals surface area contributed by atoms with Gasteiger partial charge >= 0.3 is 7.12 Å². The molecule has 102 valence electrons. The topological polar surface area (TPSA) is 48.7 Å². The summed E-state index contributed by atoms with van der Waals surface area (Å²) in [6, 6.07) is 3.92. The van der Waals surface area contributed by atoms with E-state index in [-0.39, 0.29) is 12.7 Å². The Morgan fingerprint density at radius 2 is 2.16 bits per heavy atom. The Hall–Kier alpha value is -1.40. The van der Waals surface area contributed by atoms with Gasteiger partial charge in [0.25, 0.3) is 0 Å². The Balaban J connectivity index is 2.26. The molecule has 0 amide bonds. The van der Waals surface area contributed by atoms with Crippen LogP contribution in [0.4, 0.5) is 0 Å². The normalized spacial score (nSPS) is 12.0. The van der Waals surface area contributed by atoms with Crippen molar-refractivity contribution in [3.63, 3.8) is 0 Å². The molecule has 0 aliphatic heterocycles. The van der Waals surface area contributed by atoms with Crippen molar-refractivity contribution in [1.29, 1.82) is 0 Å². The summed E-state index contributed by atoms with van der Waals surface area (Å²) in [5.74, 6) is 0. The van der Waals surface area contributed by atoms with Crippen LogP contribution in [-0.4, -0.2) is 33.9 Å². The number of rotatable bonds is 6. The highest BCUT2D eigenvalue weighted by Gasteiger charge is 2.29. The van der Waals surface area contributed by atoms with Gasteiger partial charge in [0.15, 0.2) is 5.65 Å². The lowest BCUT2D eigenvalue weighted by molar-refractivity contribution is 0.0706. The van der Waals surface area contributed by atoms with Crippen LogP contribution in [0.3, 0.4) is 0 Å². The van der Waals surface area contributed by atoms with Gasteiger partial charge in [-0.25, -0.2) is 0 Å². The number of hydrogen-bond donors (Lipinski definition) is 0. The lowest BCUT2D eigenvalue weighted by Gasteiger charge is -2.28. The zero-order valence-corrected chi connectivity index (χ0v) is 12.0. The van der Waals surface area contributed by atoms with Crippen LogP contribution in [0, 0.1) is 0 Å². The zero-order chi connectivity index (χ0) is 13.9. The van der Waals surface area contributed by atoms with Gasteiger partial charge in [-0.3, -0.25) is 4.40 Å². The van der Waals surface area contributed by atoms with Gasteiger partial charge in [-0.15, -0.1) is 10.2 Å². The molecule has 2 aromatic heterocycles. The maximum Gasteiger partial charge on any atom is 0.494 e. The summed E-state index contributed by atoms with van der Waals surface area (Å²) >= 11 is 0. The molecule has 0 saturated carbocycles. The van der Waals surface area contributed by atoms with Gasteiger partial charge in [0.1, 0.15) is 6.33 Å². The number of fused-ring (bicyclic) bond motifs is 1. The van der Waals surface area contributed by atoms with Gasteiger partial charge in [-0.05, 0) is 44.8 Å². The molecule has 0 aromatic carbocycles. The third-order valence-electron chi connectivity index (χ3n) is 3.19. The quantitative estimate of drug-likeness (QED) is 0.742. The molecule has 0 radical (unpaired) electrons. The maximum atomic E-state index is 6.06. The highest BCUT2D eigenvalue weighted by atomic mass is 16.6. The van der Waals surface area contributed by atoms with E-state index in [2.05, 4.69) is 31.0 Å². The Morgan fingerprint density at radius 3 is 2.84 bits per heavy atom. The van der Waals surface area contributed by atoms with E-state index in [0.29, 0.717) is 6.61 Å². The predicted molar refractivity (Wildman–Crippen MR) is 75.5 cm³/mol. The molecule has 2 aromatic rings. The molecular formula is C13H20BN3O2. The SMILES string of the molecule is CCOB(OC(C)(C)CC)c1ccn2cnnc2c1. The third kappa shape index (κ3) is 3.33. The molecule has 0 N–H and O–H groups in total. The van der Waals surface area contributed by atoms with E-state index in [0.717, 1.165) is 17.5 Å². The summed E-state index contributed by atoms with van der Waals surface area (Å²) in [5, 5.41) is 7.91. The maximum absolute atomic E-state index is 6.06. The van der Waals surface area contributed by atoms with E-state index in [1.165, 1.54) is 0 Å². The second kappa shape index (κ2) is 5.71. The third-order valence-corrected chi connectivity index (χ3v) is 3.19. The van der Waals surface area contributed by atoms with E-state index in [1.54, 1.807) is 6.33 Å². The van der Waals surface area contributed by atoms with Crippen LogP contribution in [0.1, 0.15) is 34.1 Å². The molecule has 0 fully saturated rings. The van der Waals surface area contributed by atoms with Crippen molar-refractivity contribution >= 4 is 18.2 Å². The van der Waals surface area contributed by atoms with E-state index >= 15 is 0 Å². The summed E-state index contributed by atoms with van der Waals surface area (Å²) in [4.78, 5) is 0. The number of hydrogen-bond acceptors (Lipinski definition) is 4. The van der Waals surface area contributed by atoms with Crippen molar-refractivity contribution in [3.05, 3.63) is 24.7 Å². The highest BCUT2D eigenvalue weighted by molar-refractivity contribution is 6.61. The summed E-state index contributed by atoms with van der Waals surface area (Å²) < 4.78 is 13.6. The van der Waals surface area contributed by atoms with Crippen LogP contribution in [0.25, 0.3) is 5.65 Å². The average molecular weight is 261 g/mol. The minimum absolute atomic E-state index is 0.223. The van der Waals surface area contributed by atoms with Crippen LogP contribution < -0.4 is 5.46 Å². The van der Waals surface area contributed by atoms with Gasteiger partial charge in [0.05, 0.1) is 0 Å². The van der Waals surface area contributed by atoms with E-state index in [9.17, 15) is 0 Å². The van der Waals surface area contributed by atoms with Gasteiger partial charge in [0.2, 0.25) is 0 Å². The molecule has 0 aliphatic rings. The number of nitrogens with zero attached hydrogens (tertiary/aromatic N) is 3. The van der Waals surface area contributed by atoms with Crippen molar-refractivity contribution in [2.45, 2.75) is 39.7 Å². The number of aromatic nitrogens is 3. The van der Waals surface area contributed by atoms with Crippen LogP contribution in [0.5, 0.6) is 0 Å². The van der Waals surface area contributed by atoms with Crippen molar-refractivity contribution in [1.82, 2.24) is 14.6 Å². The van der Waals surface area contributed by atoms with Crippen molar-refractivity contribution in [2.75, 3.05) is 6.61 Å². The fraction of sp³-hybridized carbons (Fsp3) is 0.538. The van der Waals surface area contributed by atoms with E-state index in [1.807, 2.05) is 29.7 Å². The molecule has 6 heteroatoms. The fourth-order valence-electron chi connectivity index (χ4n) is 1.70. The fourth-order valence-corrected chi connectivity index (χ4v) is 1.70. The van der Waals surface area contributed by atoms with Crippen molar-refractivity contribution in [2.24, 2.45) is 0 Å². The van der Waals surface area contributed by atoms with Gasteiger partial charge in [-0.2, -0.15) is 0 Å². The first kappa shape index (κ1) is 14.0. The first-order valence-electron chi connectivity index (χ1n) is 6.64. The average Bonchev–Trinajstić information content (AvgIpc) is 2.85. The Morgan fingerprint density at radius 1 is 1.37 bits per heavy atom. The second-order valence-electron chi connectivity index (χ2n) is 5.07. The van der Waals surface area contributed by atoms with Crippen molar-refractivity contribution in [3.8, 4) is 0 Å². The molecule has 2 rings (SSSR count). The van der Waals surface area contributed by atoms with Crippen LogP contribution >= 0.6 is 0 Å². The molecule has 0 saturated heterocycles. The standard InChI is InChI=1S/C13H20BN3O2/c1-5-13(3,4)19-14(18-6-2)11-7-8-17-10-15-16-12(17)9-11/h7-10H,5-6H2,1-4H3. The molecule has 19 heavy (non-hydrogen) atoms. The van der Waals surface area contributed by atoms with Crippen LogP contribution in [0.15, 0.2) is 24.7 Å². The second-order valence-corrected chi connectivity index (χ2v) is 5.07. The van der Waals surface area contributed by atoms with Gasteiger partial charge in [0, 0.05) is 18.4 Å². The largest absolute Gasteiger partial charge is 0.494 e. The molecule has 5 nitrogen and oxygen atoms in total. The highest BCUT2D eigenvalue weighted by Crippen LogP contribution is 2.15. The summed E-state index contributed by atoms with van der Waals surface area (Å²) in [7, 11) is -0.373. The predicted octanol–water partition coefficient (Wildman–Crippen LogP) is 1.67. The zero-order valence-electron chi connectivity index (χ0n) is 12.0. The lowest BCUT2D eigenvalue weighted by atomic mass is 9.78.